The molecular formula is C27H34FNO4. The van der Waals surface area contributed by atoms with Crippen molar-refractivity contribution >= 4 is 11.9 Å². The molecule has 6 fully saturated rings. The van der Waals surface area contributed by atoms with Gasteiger partial charge in [-0.25, -0.2) is 4.39 Å². The van der Waals surface area contributed by atoms with Gasteiger partial charge in [0, 0.05) is 24.1 Å². The second kappa shape index (κ2) is 7.99. The van der Waals surface area contributed by atoms with Crippen molar-refractivity contribution in [3.8, 4) is 5.75 Å². The summed E-state index contributed by atoms with van der Waals surface area (Å²) < 4.78 is 26.3. The number of likely N-dealkylation sites (tertiary alicyclic amines) is 1. The van der Waals surface area contributed by atoms with Gasteiger partial charge in [-0.3, -0.25) is 9.59 Å². The highest BCUT2D eigenvalue weighted by atomic mass is 19.1. The average Bonchev–Trinajstić information content (AvgIpc) is 3.59. The number of methoxy groups -OCH3 is 1. The van der Waals surface area contributed by atoms with Crippen LogP contribution in [0.2, 0.25) is 0 Å². The summed E-state index contributed by atoms with van der Waals surface area (Å²) in [6.45, 7) is 1.22. The highest BCUT2D eigenvalue weighted by molar-refractivity contribution is 5.96. The molecule has 0 radical (unpaired) electrons. The van der Waals surface area contributed by atoms with Crippen molar-refractivity contribution < 1.29 is 23.5 Å². The largest absolute Gasteiger partial charge is 0.493 e. The average molecular weight is 456 g/mol. The molecule has 33 heavy (non-hydrogen) atoms. The lowest BCUT2D eigenvalue weighted by molar-refractivity contribution is -0.142. The number of hydrogen-bond donors (Lipinski definition) is 0. The number of carbonyl (C=O) groups excluding carboxylic acids is 2. The quantitative estimate of drug-likeness (QED) is 0.539. The number of benzene rings is 1. The zero-order valence-corrected chi connectivity index (χ0v) is 19.5. The maximum absolute atomic E-state index is 15.2. The number of ether oxygens (including phenoxy) is 2. The Morgan fingerprint density at radius 2 is 1.73 bits per heavy atom. The summed E-state index contributed by atoms with van der Waals surface area (Å²) in [7, 11) is 1.34. The molecule has 0 unspecified atom stereocenters. The lowest BCUT2D eigenvalue weighted by atomic mass is 9.50. The fourth-order valence-electron chi connectivity index (χ4n) is 7.62. The highest BCUT2D eigenvalue weighted by Crippen LogP contribution is 2.60. The lowest BCUT2D eigenvalue weighted by Crippen LogP contribution is -2.52. The van der Waals surface area contributed by atoms with Gasteiger partial charge in [-0.15, -0.1) is 0 Å². The van der Waals surface area contributed by atoms with Crippen LogP contribution in [0.3, 0.4) is 0 Å². The third kappa shape index (κ3) is 3.93. The molecule has 6 aliphatic rings. The number of nitrogens with zero attached hydrogens (tertiary/aromatic N) is 1. The monoisotopic (exact) mass is 455 g/mol. The summed E-state index contributed by atoms with van der Waals surface area (Å²) in [6.07, 6.45) is 11.0. The highest BCUT2D eigenvalue weighted by Gasteiger charge is 2.51. The van der Waals surface area contributed by atoms with Gasteiger partial charge in [0.2, 0.25) is 0 Å². The molecule has 1 aromatic carbocycles. The summed E-state index contributed by atoms with van der Waals surface area (Å²) in [5.74, 6) is 2.36. The van der Waals surface area contributed by atoms with E-state index < -0.39 is 5.82 Å². The Kier molecular flexibility index (Phi) is 5.19. The second-order valence-electron chi connectivity index (χ2n) is 11.6. The normalized spacial score (nSPS) is 34.2. The first kappa shape index (κ1) is 21.4. The topological polar surface area (TPSA) is 55.8 Å². The van der Waals surface area contributed by atoms with Gasteiger partial charge in [0.1, 0.15) is 11.6 Å². The smallest absolute Gasteiger partial charge is 0.307 e. The van der Waals surface area contributed by atoms with Crippen LogP contribution in [0, 0.1) is 29.0 Å². The number of halogens is 1. The molecule has 1 atom stereocenters. The molecule has 0 aromatic heterocycles. The van der Waals surface area contributed by atoms with E-state index in [1.807, 2.05) is 0 Å². The van der Waals surface area contributed by atoms with Crippen molar-refractivity contribution in [3.63, 3.8) is 0 Å². The van der Waals surface area contributed by atoms with E-state index in [1.165, 1.54) is 51.7 Å². The van der Waals surface area contributed by atoms with Gasteiger partial charge in [0.15, 0.2) is 0 Å². The van der Waals surface area contributed by atoms with Crippen LogP contribution in [0.15, 0.2) is 12.1 Å². The standard InChI is InChI=1S/C27H34FNO4/c1-32-25(30)9-20-4-5-29(20)26(31)22-10-21(19-2-3-19)24(11-23(22)28)33-15-27-12-16-6-17(13-27)8-18(7-16)14-27/h10-11,16-20H,2-9,12-15H2,1H3/t16?,17?,18?,20-,27?/m0/s1. The Labute approximate surface area is 195 Å². The third-order valence-corrected chi connectivity index (χ3v) is 9.08. The molecule has 0 N–H and O–H groups in total. The van der Waals surface area contributed by atoms with Crippen LogP contribution in [-0.2, 0) is 9.53 Å². The van der Waals surface area contributed by atoms with Gasteiger partial charge in [-0.1, -0.05) is 0 Å². The molecule has 5 nitrogen and oxygen atoms in total. The van der Waals surface area contributed by atoms with Gasteiger partial charge in [0.05, 0.1) is 25.7 Å². The summed E-state index contributed by atoms with van der Waals surface area (Å²) in [5.41, 5.74) is 1.35. The molecule has 5 aliphatic carbocycles. The number of carbonyl (C=O) groups is 2. The molecule has 1 aliphatic heterocycles. The molecule has 5 saturated carbocycles. The zero-order valence-electron chi connectivity index (χ0n) is 19.5. The minimum Gasteiger partial charge on any atom is -0.493 e. The van der Waals surface area contributed by atoms with Gasteiger partial charge < -0.3 is 14.4 Å². The van der Waals surface area contributed by atoms with Crippen molar-refractivity contribution in [2.75, 3.05) is 20.3 Å². The molecule has 4 bridgehead atoms. The minimum absolute atomic E-state index is 0.105. The maximum atomic E-state index is 15.2. The van der Waals surface area contributed by atoms with E-state index >= 15 is 4.39 Å². The van der Waals surface area contributed by atoms with Crippen LogP contribution in [0.25, 0.3) is 0 Å². The van der Waals surface area contributed by atoms with Crippen LogP contribution < -0.4 is 4.74 Å². The summed E-state index contributed by atoms with van der Waals surface area (Å²) in [6, 6.07) is 2.98. The predicted octanol–water partition coefficient (Wildman–Crippen LogP) is 5.08. The summed E-state index contributed by atoms with van der Waals surface area (Å²) in [5, 5.41) is 0. The Bertz CT molecular complexity index is 936. The third-order valence-electron chi connectivity index (χ3n) is 9.08. The van der Waals surface area contributed by atoms with Gasteiger partial charge >= 0.3 is 5.97 Å². The van der Waals surface area contributed by atoms with E-state index in [0.29, 0.717) is 24.8 Å². The van der Waals surface area contributed by atoms with Crippen LogP contribution >= 0.6 is 0 Å². The Morgan fingerprint density at radius 3 is 2.27 bits per heavy atom. The first-order valence-corrected chi connectivity index (χ1v) is 12.8. The lowest BCUT2D eigenvalue weighted by Gasteiger charge is -2.56. The predicted molar refractivity (Wildman–Crippen MR) is 121 cm³/mol. The van der Waals surface area contributed by atoms with Gasteiger partial charge in [-0.2, -0.15) is 0 Å². The van der Waals surface area contributed by atoms with E-state index in [-0.39, 0.29) is 35.3 Å². The van der Waals surface area contributed by atoms with Crippen LogP contribution in [0.5, 0.6) is 5.75 Å². The summed E-state index contributed by atoms with van der Waals surface area (Å²) >= 11 is 0. The van der Waals surface area contributed by atoms with E-state index in [2.05, 4.69) is 0 Å². The molecule has 1 saturated heterocycles. The molecule has 1 heterocycles. The number of esters is 1. The van der Waals surface area contributed by atoms with Crippen molar-refractivity contribution in [2.45, 2.75) is 76.2 Å². The SMILES string of the molecule is COC(=O)C[C@@H]1CCN1C(=O)c1cc(C2CC2)c(OCC23CC4CC(CC(C4)C2)C3)cc1F. The van der Waals surface area contributed by atoms with Gasteiger partial charge in [0.25, 0.3) is 5.91 Å². The fourth-order valence-corrected chi connectivity index (χ4v) is 7.62. The molecule has 6 heteroatoms. The molecule has 1 amide bonds. The number of amides is 1. The van der Waals surface area contributed by atoms with E-state index in [0.717, 1.165) is 42.6 Å². The molecule has 7 rings (SSSR count). The molecule has 178 valence electrons. The van der Waals surface area contributed by atoms with Crippen molar-refractivity contribution in [2.24, 2.45) is 23.2 Å². The zero-order chi connectivity index (χ0) is 22.7. The maximum Gasteiger partial charge on any atom is 0.307 e. The van der Waals surface area contributed by atoms with Crippen LogP contribution in [0.4, 0.5) is 4.39 Å². The second-order valence-corrected chi connectivity index (χ2v) is 11.6. The summed E-state index contributed by atoms with van der Waals surface area (Å²) in [4.78, 5) is 26.3. The number of rotatable bonds is 7. The molecule has 0 spiro atoms. The van der Waals surface area contributed by atoms with Crippen molar-refractivity contribution in [1.29, 1.82) is 0 Å². The van der Waals surface area contributed by atoms with E-state index in [1.54, 1.807) is 11.0 Å². The van der Waals surface area contributed by atoms with Crippen molar-refractivity contribution in [1.82, 2.24) is 4.90 Å². The Hall–Kier alpha value is -2.11. The number of hydrogen-bond acceptors (Lipinski definition) is 4. The van der Waals surface area contributed by atoms with Crippen LogP contribution in [-0.4, -0.2) is 43.1 Å². The fraction of sp³-hybridized carbons (Fsp3) is 0.704. The van der Waals surface area contributed by atoms with Crippen molar-refractivity contribution in [3.05, 3.63) is 29.1 Å². The molecule has 1 aromatic rings. The first-order chi connectivity index (χ1) is 15.9. The minimum atomic E-state index is -0.520. The first-order valence-electron chi connectivity index (χ1n) is 12.8. The van der Waals surface area contributed by atoms with E-state index in [9.17, 15) is 9.59 Å². The van der Waals surface area contributed by atoms with Crippen LogP contribution in [0.1, 0.15) is 86.0 Å². The van der Waals surface area contributed by atoms with E-state index in [4.69, 9.17) is 9.47 Å². The molecular weight excluding hydrogens is 421 g/mol. The Morgan fingerprint density at radius 1 is 1.06 bits per heavy atom. The Balaban J connectivity index is 1.20. The van der Waals surface area contributed by atoms with Gasteiger partial charge in [-0.05, 0) is 93.1 Å².